The van der Waals surface area contributed by atoms with Crippen LogP contribution in [-0.2, 0) is 0 Å². The Labute approximate surface area is 117 Å². The van der Waals surface area contributed by atoms with E-state index >= 15 is 0 Å². The Morgan fingerprint density at radius 3 is 2.85 bits per heavy atom. The first-order chi connectivity index (χ1) is 9.83. The van der Waals surface area contributed by atoms with Gasteiger partial charge in [0.05, 0.1) is 6.61 Å². The van der Waals surface area contributed by atoms with Crippen LogP contribution in [-0.4, -0.2) is 31.1 Å². The molecule has 8 nitrogen and oxygen atoms in total. The number of nitrogens with two attached hydrogens (primary N) is 1. The summed E-state index contributed by atoms with van der Waals surface area (Å²) in [6.45, 7) is 2.75. The highest BCUT2D eigenvalue weighted by molar-refractivity contribution is 5.28. The van der Waals surface area contributed by atoms with Gasteiger partial charge in [-0.05, 0) is 6.42 Å². The Bertz CT molecular complexity index is 515. The van der Waals surface area contributed by atoms with Crippen LogP contribution in [0, 0.1) is 0 Å². The van der Waals surface area contributed by atoms with Crippen molar-refractivity contribution in [2.45, 2.75) is 32.6 Å². The number of aromatic nitrogens is 5. The summed E-state index contributed by atoms with van der Waals surface area (Å²) in [7, 11) is 0. The molecule has 0 aliphatic rings. The maximum atomic E-state index is 5.54. The van der Waals surface area contributed by atoms with E-state index < -0.39 is 0 Å². The van der Waals surface area contributed by atoms with Crippen LogP contribution in [0.1, 0.15) is 32.6 Å². The van der Waals surface area contributed by atoms with Gasteiger partial charge < -0.3 is 4.74 Å². The number of unbranched alkanes of at least 4 members (excludes halogenated alkanes) is 3. The minimum absolute atomic E-state index is 0.257. The summed E-state index contributed by atoms with van der Waals surface area (Å²) in [6.07, 6.45) is 9.49. The summed E-state index contributed by atoms with van der Waals surface area (Å²) in [5.41, 5.74) is 2.40. The van der Waals surface area contributed by atoms with Crippen LogP contribution < -0.4 is 16.0 Å². The van der Waals surface area contributed by atoms with Crippen molar-refractivity contribution in [1.82, 2.24) is 24.5 Å². The fourth-order valence-corrected chi connectivity index (χ4v) is 1.66. The first kappa shape index (κ1) is 14.2. The van der Waals surface area contributed by atoms with E-state index in [9.17, 15) is 0 Å². The number of nitrogens with one attached hydrogen (secondary N) is 1. The Morgan fingerprint density at radius 2 is 2.15 bits per heavy atom. The molecule has 0 radical (unpaired) electrons. The van der Waals surface area contributed by atoms with E-state index in [2.05, 4.69) is 32.3 Å². The molecule has 0 unspecified atom stereocenters. The molecular formula is C12H19N7O. The topological polar surface area (TPSA) is 104 Å². The Kier molecular flexibility index (Phi) is 5.24. The largest absolute Gasteiger partial charge is 0.463 e. The Morgan fingerprint density at radius 1 is 1.25 bits per heavy atom. The molecule has 0 bridgehead atoms. The van der Waals surface area contributed by atoms with Crippen LogP contribution in [0.5, 0.6) is 6.01 Å². The molecule has 0 amide bonds. The number of rotatable bonds is 8. The predicted octanol–water partition coefficient (Wildman–Crippen LogP) is 1.30. The highest BCUT2D eigenvalue weighted by atomic mass is 16.5. The quantitative estimate of drug-likeness (QED) is 0.426. The fourth-order valence-electron chi connectivity index (χ4n) is 1.66. The van der Waals surface area contributed by atoms with Crippen LogP contribution in [0.15, 0.2) is 18.7 Å². The zero-order chi connectivity index (χ0) is 14.2. The third-order valence-corrected chi connectivity index (χ3v) is 2.70. The van der Waals surface area contributed by atoms with Crippen molar-refractivity contribution >= 4 is 5.95 Å². The maximum Gasteiger partial charge on any atom is 0.323 e. The SMILES string of the molecule is CCCCCCOc1nc(NN)nc(-n2ccnc2)n1. The van der Waals surface area contributed by atoms with E-state index in [0.717, 1.165) is 12.8 Å². The van der Waals surface area contributed by atoms with E-state index in [1.54, 1.807) is 23.3 Å². The van der Waals surface area contributed by atoms with Gasteiger partial charge in [0.15, 0.2) is 0 Å². The Hall–Kier alpha value is -2.22. The highest BCUT2D eigenvalue weighted by Gasteiger charge is 2.08. The number of hydrogen-bond acceptors (Lipinski definition) is 7. The van der Waals surface area contributed by atoms with Gasteiger partial charge in [0, 0.05) is 12.4 Å². The maximum absolute atomic E-state index is 5.54. The van der Waals surface area contributed by atoms with E-state index in [4.69, 9.17) is 10.6 Å². The molecule has 8 heteroatoms. The van der Waals surface area contributed by atoms with Crippen molar-refractivity contribution in [1.29, 1.82) is 0 Å². The van der Waals surface area contributed by atoms with Gasteiger partial charge in [-0.15, -0.1) is 0 Å². The third kappa shape index (κ3) is 3.89. The van der Waals surface area contributed by atoms with Crippen LogP contribution in [0.25, 0.3) is 5.95 Å². The van der Waals surface area contributed by atoms with Crippen LogP contribution in [0.2, 0.25) is 0 Å². The van der Waals surface area contributed by atoms with Crippen molar-refractivity contribution in [2.24, 2.45) is 5.84 Å². The number of hydrogen-bond donors (Lipinski definition) is 2. The van der Waals surface area contributed by atoms with Gasteiger partial charge in [-0.1, -0.05) is 26.2 Å². The fraction of sp³-hybridized carbons (Fsp3) is 0.500. The molecule has 0 saturated heterocycles. The zero-order valence-electron chi connectivity index (χ0n) is 11.5. The van der Waals surface area contributed by atoms with Gasteiger partial charge in [0.2, 0.25) is 11.9 Å². The number of nitrogens with zero attached hydrogens (tertiary/aromatic N) is 5. The molecule has 2 rings (SSSR count). The second-order valence-corrected chi connectivity index (χ2v) is 4.27. The summed E-state index contributed by atoms with van der Waals surface area (Å²) in [5.74, 6) is 6.02. The summed E-state index contributed by atoms with van der Waals surface area (Å²) < 4.78 is 7.20. The number of imidazole rings is 1. The smallest absolute Gasteiger partial charge is 0.323 e. The molecule has 0 fully saturated rings. The lowest BCUT2D eigenvalue weighted by atomic mass is 10.2. The first-order valence-corrected chi connectivity index (χ1v) is 6.67. The van der Waals surface area contributed by atoms with Crippen molar-refractivity contribution in [3.8, 4) is 12.0 Å². The molecule has 0 aliphatic carbocycles. The molecule has 0 aliphatic heterocycles. The molecule has 20 heavy (non-hydrogen) atoms. The van der Waals surface area contributed by atoms with Crippen LogP contribution in [0.3, 0.4) is 0 Å². The molecule has 3 N–H and O–H groups in total. The molecule has 2 aromatic heterocycles. The van der Waals surface area contributed by atoms with Gasteiger partial charge in [0.25, 0.3) is 0 Å². The van der Waals surface area contributed by atoms with Gasteiger partial charge >= 0.3 is 6.01 Å². The van der Waals surface area contributed by atoms with Gasteiger partial charge in [0.1, 0.15) is 6.33 Å². The van der Waals surface area contributed by atoms with Crippen molar-refractivity contribution in [3.05, 3.63) is 18.7 Å². The lowest BCUT2D eigenvalue weighted by Gasteiger charge is -2.08. The van der Waals surface area contributed by atoms with Crippen molar-refractivity contribution in [3.63, 3.8) is 0 Å². The van der Waals surface area contributed by atoms with Crippen molar-refractivity contribution < 1.29 is 4.74 Å². The first-order valence-electron chi connectivity index (χ1n) is 6.67. The van der Waals surface area contributed by atoms with E-state index in [-0.39, 0.29) is 12.0 Å². The zero-order valence-corrected chi connectivity index (χ0v) is 11.5. The summed E-state index contributed by atoms with van der Waals surface area (Å²) in [4.78, 5) is 16.4. The number of anilines is 1. The lowest BCUT2D eigenvalue weighted by molar-refractivity contribution is 0.281. The van der Waals surface area contributed by atoms with E-state index in [0.29, 0.717) is 12.6 Å². The lowest BCUT2D eigenvalue weighted by Crippen LogP contribution is -2.14. The summed E-state index contributed by atoms with van der Waals surface area (Å²) in [5, 5.41) is 0. The Balaban J connectivity index is 2.03. The van der Waals surface area contributed by atoms with Gasteiger partial charge in [-0.3, -0.25) is 9.99 Å². The summed E-state index contributed by atoms with van der Waals surface area (Å²) >= 11 is 0. The number of hydrazine groups is 1. The number of nitrogen functional groups attached to an aromatic ring is 1. The molecule has 0 saturated carbocycles. The summed E-state index contributed by atoms with van der Waals surface area (Å²) in [6, 6.07) is 0.258. The monoisotopic (exact) mass is 277 g/mol. The molecular weight excluding hydrogens is 258 g/mol. The van der Waals surface area contributed by atoms with E-state index in [1.165, 1.54) is 12.8 Å². The van der Waals surface area contributed by atoms with Crippen molar-refractivity contribution in [2.75, 3.05) is 12.0 Å². The van der Waals surface area contributed by atoms with Gasteiger partial charge in [-0.2, -0.15) is 15.0 Å². The molecule has 0 atom stereocenters. The molecule has 0 spiro atoms. The van der Waals surface area contributed by atoms with Crippen LogP contribution >= 0.6 is 0 Å². The molecule has 2 aromatic rings. The highest BCUT2D eigenvalue weighted by Crippen LogP contribution is 2.11. The normalized spacial score (nSPS) is 10.5. The average molecular weight is 277 g/mol. The third-order valence-electron chi connectivity index (χ3n) is 2.70. The van der Waals surface area contributed by atoms with Gasteiger partial charge in [-0.25, -0.2) is 10.8 Å². The molecule has 108 valence electrons. The molecule has 2 heterocycles. The number of ether oxygens (including phenoxy) is 1. The van der Waals surface area contributed by atoms with E-state index in [1.807, 2.05) is 0 Å². The second kappa shape index (κ2) is 7.39. The predicted molar refractivity (Wildman–Crippen MR) is 74.4 cm³/mol. The minimum Gasteiger partial charge on any atom is -0.463 e. The standard InChI is InChI=1S/C12H19N7O/c1-2-3-4-5-8-20-12-16-10(18-13)15-11(17-12)19-7-6-14-9-19/h6-7,9H,2-5,8,13H2,1H3,(H,15,16,17,18). The average Bonchev–Trinajstić information content (AvgIpc) is 3.01. The second-order valence-electron chi connectivity index (χ2n) is 4.27. The molecule has 0 aromatic carbocycles. The van der Waals surface area contributed by atoms with Crippen LogP contribution in [0.4, 0.5) is 5.95 Å². The minimum atomic E-state index is 0.257.